The molecule has 4 nitrogen and oxygen atoms in total. The molecule has 0 aliphatic carbocycles. The minimum atomic E-state index is 0.569. The van der Waals surface area contributed by atoms with Crippen LogP contribution in [-0.2, 0) is 7.05 Å². The summed E-state index contributed by atoms with van der Waals surface area (Å²) >= 11 is 0. The van der Waals surface area contributed by atoms with E-state index in [0.29, 0.717) is 5.71 Å². The average Bonchev–Trinajstić information content (AvgIpc) is 2.34. The van der Waals surface area contributed by atoms with Crippen LogP contribution in [0.1, 0.15) is 12.6 Å². The highest BCUT2D eigenvalue weighted by molar-refractivity contribution is 5.96. The normalized spacial score (nSPS) is 12.0. The molecule has 0 amide bonds. The van der Waals surface area contributed by atoms with E-state index in [4.69, 9.17) is 5.21 Å². The molecule has 0 bridgehead atoms. The molecule has 0 aromatic carbocycles. The fourth-order valence-electron chi connectivity index (χ4n) is 0.780. The summed E-state index contributed by atoms with van der Waals surface area (Å²) in [5, 5.41) is 15.3. The van der Waals surface area contributed by atoms with Gasteiger partial charge in [0.2, 0.25) is 0 Å². The van der Waals surface area contributed by atoms with Gasteiger partial charge in [-0.1, -0.05) is 5.16 Å². The topological polar surface area (TPSA) is 50.4 Å². The van der Waals surface area contributed by atoms with Crippen molar-refractivity contribution in [3.63, 3.8) is 0 Å². The zero-order chi connectivity index (χ0) is 7.56. The lowest BCUT2D eigenvalue weighted by Crippen LogP contribution is -2.03. The van der Waals surface area contributed by atoms with Crippen molar-refractivity contribution < 1.29 is 5.21 Å². The van der Waals surface area contributed by atoms with Crippen LogP contribution >= 0.6 is 0 Å². The molecule has 0 atom stereocenters. The summed E-state index contributed by atoms with van der Waals surface area (Å²) < 4.78 is 1.65. The van der Waals surface area contributed by atoms with Gasteiger partial charge >= 0.3 is 0 Å². The maximum atomic E-state index is 8.38. The van der Waals surface area contributed by atoms with Crippen molar-refractivity contribution in [2.75, 3.05) is 0 Å². The Labute approximate surface area is 58.8 Å². The van der Waals surface area contributed by atoms with Gasteiger partial charge in [-0.2, -0.15) is 5.10 Å². The second-order valence-corrected chi connectivity index (χ2v) is 2.03. The second-order valence-electron chi connectivity index (χ2n) is 2.03. The molecule has 10 heavy (non-hydrogen) atoms. The van der Waals surface area contributed by atoms with E-state index in [9.17, 15) is 0 Å². The highest BCUT2D eigenvalue weighted by Gasteiger charge is 2.00. The van der Waals surface area contributed by atoms with Crippen molar-refractivity contribution >= 4 is 5.71 Å². The monoisotopic (exact) mass is 139 g/mol. The number of oxime groups is 1. The summed E-state index contributed by atoms with van der Waals surface area (Å²) in [6, 6.07) is 1.79. The van der Waals surface area contributed by atoms with Gasteiger partial charge < -0.3 is 5.21 Å². The summed E-state index contributed by atoms with van der Waals surface area (Å²) in [5.74, 6) is 0. The molecule has 0 radical (unpaired) electrons. The van der Waals surface area contributed by atoms with Crippen LogP contribution in [0.15, 0.2) is 17.4 Å². The van der Waals surface area contributed by atoms with Gasteiger partial charge in [0.05, 0.1) is 5.69 Å². The van der Waals surface area contributed by atoms with Crippen molar-refractivity contribution in [1.29, 1.82) is 0 Å². The Bertz CT molecular complexity index is 251. The highest BCUT2D eigenvalue weighted by Crippen LogP contribution is 1.97. The van der Waals surface area contributed by atoms with Gasteiger partial charge in [0.1, 0.15) is 5.71 Å². The van der Waals surface area contributed by atoms with Gasteiger partial charge in [-0.15, -0.1) is 0 Å². The van der Waals surface area contributed by atoms with Crippen LogP contribution in [0.4, 0.5) is 0 Å². The highest BCUT2D eigenvalue weighted by atomic mass is 16.4. The fraction of sp³-hybridized carbons (Fsp3) is 0.333. The first-order valence-electron chi connectivity index (χ1n) is 2.92. The van der Waals surface area contributed by atoms with Crippen molar-refractivity contribution in [3.8, 4) is 0 Å². The van der Waals surface area contributed by atoms with E-state index in [1.807, 2.05) is 0 Å². The van der Waals surface area contributed by atoms with E-state index in [2.05, 4.69) is 10.3 Å². The van der Waals surface area contributed by atoms with Gasteiger partial charge in [-0.3, -0.25) is 4.68 Å². The van der Waals surface area contributed by atoms with Crippen molar-refractivity contribution in [2.45, 2.75) is 6.92 Å². The first-order valence-corrected chi connectivity index (χ1v) is 2.92. The molecule has 0 spiro atoms. The summed E-state index contributed by atoms with van der Waals surface area (Å²) in [4.78, 5) is 0. The molecule has 0 saturated carbocycles. The first-order chi connectivity index (χ1) is 4.75. The number of nitrogens with zero attached hydrogens (tertiary/aromatic N) is 3. The van der Waals surface area contributed by atoms with E-state index >= 15 is 0 Å². The Hall–Kier alpha value is -1.32. The van der Waals surface area contributed by atoms with Crippen LogP contribution < -0.4 is 0 Å². The van der Waals surface area contributed by atoms with Crippen LogP contribution in [0.5, 0.6) is 0 Å². The fourth-order valence-corrected chi connectivity index (χ4v) is 0.780. The first kappa shape index (κ1) is 6.80. The van der Waals surface area contributed by atoms with Gasteiger partial charge in [-0.25, -0.2) is 0 Å². The zero-order valence-electron chi connectivity index (χ0n) is 5.94. The molecule has 1 aromatic rings. The Morgan fingerprint density at radius 1 is 1.80 bits per heavy atom. The quantitative estimate of drug-likeness (QED) is 0.352. The van der Waals surface area contributed by atoms with E-state index < -0.39 is 0 Å². The third-order valence-electron chi connectivity index (χ3n) is 1.34. The number of hydrogen-bond acceptors (Lipinski definition) is 3. The summed E-state index contributed by atoms with van der Waals surface area (Å²) in [5.41, 5.74) is 1.39. The van der Waals surface area contributed by atoms with Gasteiger partial charge in [0.25, 0.3) is 0 Å². The molecule has 1 rings (SSSR count). The predicted octanol–water partition coefficient (Wildman–Crippen LogP) is 0.618. The molecule has 1 heterocycles. The van der Waals surface area contributed by atoms with Crippen molar-refractivity contribution in [2.24, 2.45) is 12.2 Å². The molecule has 0 saturated heterocycles. The molecule has 0 aliphatic rings. The molecule has 1 aromatic heterocycles. The van der Waals surface area contributed by atoms with Crippen molar-refractivity contribution in [1.82, 2.24) is 9.78 Å². The number of rotatable bonds is 1. The lowest BCUT2D eigenvalue weighted by Gasteiger charge is -1.96. The lowest BCUT2D eigenvalue weighted by atomic mass is 10.3. The second kappa shape index (κ2) is 2.51. The van der Waals surface area contributed by atoms with Gasteiger partial charge in [0, 0.05) is 13.2 Å². The molecule has 0 fully saturated rings. The Balaban J connectivity index is 3.05. The molecule has 0 unspecified atom stereocenters. The maximum absolute atomic E-state index is 8.38. The number of hydrogen-bond donors (Lipinski definition) is 1. The molecule has 4 heteroatoms. The SMILES string of the molecule is C/C(=N\O)c1ccnn1C. The standard InChI is InChI=1S/C6H9N3O/c1-5(8-10)6-3-4-7-9(6)2/h3-4,10H,1-2H3/b8-5+. The van der Waals surface area contributed by atoms with Crippen LogP contribution in [0.3, 0.4) is 0 Å². The Morgan fingerprint density at radius 3 is 2.90 bits per heavy atom. The average molecular weight is 139 g/mol. The zero-order valence-corrected chi connectivity index (χ0v) is 5.94. The lowest BCUT2D eigenvalue weighted by molar-refractivity contribution is 0.318. The van der Waals surface area contributed by atoms with Crippen LogP contribution in [-0.4, -0.2) is 20.7 Å². The molecular formula is C6H9N3O. The largest absolute Gasteiger partial charge is 0.411 e. The third-order valence-corrected chi connectivity index (χ3v) is 1.34. The van der Waals surface area contributed by atoms with Crippen LogP contribution in [0.25, 0.3) is 0 Å². The maximum Gasteiger partial charge on any atom is 0.102 e. The van der Waals surface area contributed by atoms with E-state index in [1.54, 1.807) is 30.9 Å². The minimum Gasteiger partial charge on any atom is -0.411 e. The third kappa shape index (κ3) is 1.00. The minimum absolute atomic E-state index is 0.569. The summed E-state index contributed by atoms with van der Waals surface area (Å²) in [7, 11) is 1.80. The van der Waals surface area contributed by atoms with Gasteiger partial charge in [-0.05, 0) is 13.0 Å². The van der Waals surface area contributed by atoms with E-state index in [1.165, 1.54) is 0 Å². The Morgan fingerprint density at radius 2 is 2.50 bits per heavy atom. The number of aromatic nitrogens is 2. The molecule has 54 valence electrons. The van der Waals surface area contributed by atoms with E-state index in [0.717, 1.165) is 5.69 Å². The summed E-state index contributed by atoms with van der Waals surface area (Å²) in [6.45, 7) is 1.72. The molecule has 0 aliphatic heterocycles. The predicted molar refractivity (Wildman–Crippen MR) is 37.2 cm³/mol. The van der Waals surface area contributed by atoms with Crippen LogP contribution in [0, 0.1) is 0 Å². The van der Waals surface area contributed by atoms with Crippen molar-refractivity contribution in [3.05, 3.63) is 18.0 Å². The smallest absolute Gasteiger partial charge is 0.102 e. The van der Waals surface area contributed by atoms with Crippen LogP contribution in [0.2, 0.25) is 0 Å². The molecule has 1 N–H and O–H groups in total. The summed E-state index contributed by atoms with van der Waals surface area (Å²) in [6.07, 6.45) is 1.66. The molecular weight excluding hydrogens is 130 g/mol. The number of aryl methyl sites for hydroxylation is 1. The van der Waals surface area contributed by atoms with Gasteiger partial charge in [0.15, 0.2) is 0 Å². The van der Waals surface area contributed by atoms with E-state index in [-0.39, 0.29) is 0 Å². The Kier molecular flexibility index (Phi) is 1.71.